The highest BCUT2D eigenvalue weighted by atomic mass is 15.2. The van der Waals surface area contributed by atoms with Gasteiger partial charge >= 0.3 is 0 Å². The van der Waals surface area contributed by atoms with Crippen molar-refractivity contribution in [2.75, 3.05) is 0 Å². The Hall–Kier alpha value is -2.08. The molecule has 1 aromatic heterocycles. The number of aromatic nitrogens is 2. The molecule has 0 bridgehead atoms. The molecular weight excluding hydrogens is 246 g/mol. The van der Waals surface area contributed by atoms with Gasteiger partial charge in [-0.05, 0) is 48.8 Å². The molecule has 1 aliphatic carbocycles. The Balaban J connectivity index is 1.75. The van der Waals surface area contributed by atoms with Crippen molar-refractivity contribution in [2.45, 2.75) is 32.1 Å². The summed E-state index contributed by atoms with van der Waals surface area (Å²) in [5.41, 5.74) is 3.79. The molecule has 0 saturated heterocycles. The summed E-state index contributed by atoms with van der Waals surface area (Å²) >= 11 is 0. The lowest BCUT2D eigenvalue weighted by molar-refractivity contribution is 0.316. The minimum atomic E-state index is -0.204. The summed E-state index contributed by atoms with van der Waals surface area (Å²) < 4.78 is 1.82. The summed E-state index contributed by atoms with van der Waals surface area (Å²) in [7, 11) is 1.93. The standard InChI is InChI=1S/C17H19N3/c1-20-12-14(11-19-20)6-8-17(13-18)9-7-15-4-2-3-5-16(15)10-17/h2-5,11-12H,6-10H2,1H3. The van der Waals surface area contributed by atoms with E-state index in [0.29, 0.717) is 0 Å². The van der Waals surface area contributed by atoms with Crippen LogP contribution in [0.5, 0.6) is 0 Å². The van der Waals surface area contributed by atoms with Crippen molar-refractivity contribution < 1.29 is 0 Å². The Bertz CT molecular complexity index is 650. The molecule has 0 amide bonds. The van der Waals surface area contributed by atoms with Gasteiger partial charge in [0.1, 0.15) is 0 Å². The van der Waals surface area contributed by atoms with E-state index in [1.807, 2.05) is 24.1 Å². The number of hydrogen-bond acceptors (Lipinski definition) is 2. The first-order chi connectivity index (χ1) is 9.71. The summed E-state index contributed by atoms with van der Waals surface area (Å²) in [6.45, 7) is 0. The number of benzene rings is 1. The first-order valence-corrected chi connectivity index (χ1v) is 7.16. The average Bonchev–Trinajstić information content (AvgIpc) is 2.91. The van der Waals surface area contributed by atoms with Crippen molar-refractivity contribution >= 4 is 0 Å². The van der Waals surface area contributed by atoms with E-state index in [4.69, 9.17) is 0 Å². The van der Waals surface area contributed by atoms with Crippen molar-refractivity contribution in [1.82, 2.24) is 9.78 Å². The largest absolute Gasteiger partial charge is 0.276 e. The third-order valence-corrected chi connectivity index (χ3v) is 4.41. The van der Waals surface area contributed by atoms with Crippen LogP contribution in [0.2, 0.25) is 0 Å². The number of nitriles is 1. The normalized spacial score (nSPS) is 21.2. The predicted molar refractivity (Wildman–Crippen MR) is 78.0 cm³/mol. The highest BCUT2D eigenvalue weighted by Gasteiger charge is 2.34. The lowest BCUT2D eigenvalue weighted by Gasteiger charge is -2.32. The molecule has 0 N–H and O–H groups in total. The molecule has 3 heteroatoms. The molecule has 102 valence electrons. The molecule has 0 saturated carbocycles. The molecule has 1 aromatic carbocycles. The lowest BCUT2D eigenvalue weighted by Crippen LogP contribution is -2.28. The Kier molecular flexibility index (Phi) is 3.31. The van der Waals surface area contributed by atoms with E-state index in [1.165, 1.54) is 16.7 Å². The summed E-state index contributed by atoms with van der Waals surface area (Å²) in [5, 5.41) is 13.9. The second-order valence-electron chi connectivity index (χ2n) is 5.86. The zero-order valence-corrected chi connectivity index (χ0v) is 11.8. The van der Waals surface area contributed by atoms with Gasteiger partial charge in [0, 0.05) is 13.2 Å². The van der Waals surface area contributed by atoms with Crippen LogP contribution in [0.15, 0.2) is 36.7 Å². The molecule has 0 fully saturated rings. The van der Waals surface area contributed by atoms with Crippen LogP contribution < -0.4 is 0 Å². The second kappa shape index (κ2) is 5.13. The van der Waals surface area contributed by atoms with Crippen molar-refractivity contribution in [3.05, 3.63) is 53.3 Å². The smallest absolute Gasteiger partial charge is 0.0693 e. The molecule has 20 heavy (non-hydrogen) atoms. The molecule has 3 nitrogen and oxygen atoms in total. The van der Waals surface area contributed by atoms with Gasteiger partial charge in [0.25, 0.3) is 0 Å². The van der Waals surface area contributed by atoms with Crippen molar-refractivity contribution in [3.63, 3.8) is 0 Å². The van der Waals surface area contributed by atoms with E-state index in [9.17, 15) is 5.26 Å². The monoisotopic (exact) mass is 265 g/mol. The Labute approximate surface area is 119 Å². The molecule has 1 heterocycles. The van der Waals surface area contributed by atoms with Crippen LogP contribution in [0.1, 0.15) is 29.5 Å². The molecule has 0 radical (unpaired) electrons. The van der Waals surface area contributed by atoms with Gasteiger partial charge in [0.05, 0.1) is 17.7 Å². The molecule has 2 aromatic rings. The topological polar surface area (TPSA) is 41.6 Å². The molecule has 0 aliphatic heterocycles. The van der Waals surface area contributed by atoms with Gasteiger partial charge in [-0.3, -0.25) is 4.68 Å². The zero-order valence-electron chi connectivity index (χ0n) is 11.8. The van der Waals surface area contributed by atoms with Crippen molar-refractivity contribution in [1.29, 1.82) is 5.26 Å². The summed E-state index contributed by atoms with van der Waals surface area (Å²) in [6, 6.07) is 11.1. The number of aryl methyl sites for hydroxylation is 3. The van der Waals surface area contributed by atoms with Gasteiger partial charge < -0.3 is 0 Å². The minimum absolute atomic E-state index is 0.204. The number of rotatable bonds is 3. The van der Waals surface area contributed by atoms with Gasteiger partial charge in [-0.25, -0.2) is 0 Å². The van der Waals surface area contributed by atoms with Crippen LogP contribution in [-0.2, 0) is 26.3 Å². The quantitative estimate of drug-likeness (QED) is 0.856. The van der Waals surface area contributed by atoms with Crippen LogP contribution in [0.3, 0.4) is 0 Å². The molecule has 3 rings (SSSR count). The van der Waals surface area contributed by atoms with Gasteiger partial charge in [-0.2, -0.15) is 10.4 Å². The van der Waals surface area contributed by atoms with Gasteiger partial charge in [-0.1, -0.05) is 24.3 Å². The molecule has 1 unspecified atom stereocenters. The van der Waals surface area contributed by atoms with E-state index < -0.39 is 0 Å². The maximum absolute atomic E-state index is 9.68. The first-order valence-electron chi connectivity index (χ1n) is 7.16. The van der Waals surface area contributed by atoms with Gasteiger partial charge in [0.2, 0.25) is 0 Å². The third kappa shape index (κ3) is 2.46. The molecule has 0 spiro atoms. The fourth-order valence-corrected chi connectivity index (χ4v) is 3.15. The maximum atomic E-state index is 9.68. The van der Waals surface area contributed by atoms with E-state index >= 15 is 0 Å². The Morgan fingerprint density at radius 3 is 2.85 bits per heavy atom. The summed E-state index contributed by atoms with van der Waals surface area (Å²) in [4.78, 5) is 0. The molecular formula is C17H19N3. The average molecular weight is 265 g/mol. The minimum Gasteiger partial charge on any atom is -0.276 e. The zero-order chi connectivity index (χ0) is 14.0. The fraction of sp³-hybridized carbons (Fsp3) is 0.412. The Morgan fingerprint density at radius 1 is 1.35 bits per heavy atom. The van der Waals surface area contributed by atoms with Crippen molar-refractivity contribution in [2.24, 2.45) is 12.5 Å². The summed E-state index contributed by atoms with van der Waals surface area (Å²) in [5.74, 6) is 0. The van der Waals surface area contributed by atoms with Crippen LogP contribution in [0.4, 0.5) is 0 Å². The van der Waals surface area contributed by atoms with E-state index in [2.05, 4.69) is 35.4 Å². The van der Waals surface area contributed by atoms with Crippen LogP contribution in [0.25, 0.3) is 0 Å². The van der Waals surface area contributed by atoms with Crippen molar-refractivity contribution in [3.8, 4) is 6.07 Å². The first kappa shape index (κ1) is 12.9. The van der Waals surface area contributed by atoms with Gasteiger partial charge in [-0.15, -0.1) is 0 Å². The molecule has 1 atom stereocenters. The predicted octanol–water partition coefficient (Wildman–Crippen LogP) is 3.05. The maximum Gasteiger partial charge on any atom is 0.0693 e. The SMILES string of the molecule is Cn1cc(CCC2(C#N)CCc3ccccc3C2)cn1. The highest BCUT2D eigenvalue weighted by molar-refractivity contribution is 5.33. The Morgan fingerprint density at radius 2 is 2.15 bits per heavy atom. The summed E-state index contributed by atoms with van der Waals surface area (Å²) in [6.07, 6.45) is 8.69. The van der Waals surface area contributed by atoms with E-state index in [1.54, 1.807) is 0 Å². The second-order valence-corrected chi connectivity index (χ2v) is 5.86. The highest BCUT2D eigenvalue weighted by Crippen LogP contribution is 2.38. The fourth-order valence-electron chi connectivity index (χ4n) is 3.15. The lowest BCUT2D eigenvalue weighted by atomic mass is 9.70. The van der Waals surface area contributed by atoms with Gasteiger partial charge in [0.15, 0.2) is 0 Å². The van der Waals surface area contributed by atoms with E-state index in [0.717, 1.165) is 32.1 Å². The van der Waals surface area contributed by atoms with Crippen LogP contribution in [0, 0.1) is 16.7 Å². The number of fused-ring (bicyclic) bond motifs is 1. The van der Waals surface area contributed by atoms with E-state index in [-0.39, 0.29) is 5.41 Å². The third-order valence-electron chi connectivity index (χ3n) is 4.41. The van der Waals surface area contributed by atoms with Crippen LogP contribution in [-0.4, -0.2) is 9.78 Å². The van der Waals surface area contributed by atoms with Crippen LogP contribution >= 0.6 is 0 Å². The molecule has 1 aliphatic rings. The number of nitrogens with zero attached hydrogens (tertiary/aromatic N) is 3. The number of hydrogen-bond donors (Lipinski definition) is 0.